The van der Waals surface area contributed by atoms with Gasteiger partial charge in [0.05, 0.1) is 6.20 Å². The van der Waals surface area contributed by atoms with Gasteiger partial charge >= 0.3 is 0 Å². The van der Waals surface area contributed by atoms with Gasteiger partial charge in [0, 0.05) is 19.5 Å². The molecule has 0 amide bonds. The zero-order valence-corrected chi connectivity index (χ0v) is 9.29. The first-order chi connectivity index (χ1) is 7.20. The van der Waals surface area contributed by atoms with Crippen molar-refractivity contribution in [3.63, 3.8) is 0 Å². The van der Waals surface area contributed by atoms with Crippen LogP contribution in [-0.2, 0) is 7.05 Å². The van der Waals surface area contributed by atoms with Crippen molar-refractivity contribution in [3.8, 4) is 0 Å². The topological polar surface area (TPSA) is 46.9 Å². The minimum atomic E-state index is 0.132. The Morgan fingerprint density at radius 1 is 1.67 bits per heavy atom. The molecule has 0 aliphatic carbocycles. The van der Waals surface area contributed by atoms with E-state index in [0.717, 1.165) is 37.2 Å². The van der Waals surface area contributed by atoms with Crippen LogP contribution in [0.25, 0.3) is 0 Å². The molecule has 0 spiro atoms. The van der Waals surface area contributed by atoms with Crippen LogP contribution in [0.3, 0.4) is 0 Å². The van der Waals surface area contributed by atoms with Gasteiger partial charge in [0.15, 0.2) is 5.78 Å². The number of Topliss-reactive ketones (excluding diaryl/α,β-unsaturated/α-hetero) is 1. The number of carbonyl (C=O) groups excluding carboxylic acids is 1. The molecule has 1 unspecified atom stereocenters. The van der Waals surface area contributed by atoms with E-state index in [-0.39, 0.29) is 11.7 Å². The number of hydrogen-bond donors (Lipinski definition) is 1. The molecule has 1 aromatic rings. The quantitative estimate of drug-likeness (QED) is 0.733. The molecule has 1 aliphatic heterocycles. The van der Waals surface area contributed by atoms with Crippen LogP contribution in [0.4, 0.5) is 0 Å². The molecule has 1 atom stereocenters. The summed E-state index contributed by atoms with van der Waals surface area (Å²) in [6.07, 6.45) is 3.84. The van der Waals surface area contributed by atoms with Crippen LogP contribution < -0.4 is 5.32 Å². The SMILES string of the molecule is Cc1cnn(C)c1C(=O)C1CCCNC1. The van der Waals surface area contributed by atoms with E-state index in [1.165, 1.54) is 0 Å². The highest BCUT2D eigenvalue weighted by Crippen LogP contribution is 2.18. The van der Waals surface area contributed by atoms with Gasteiger partial charge in [-0.05, 0) is 31.9 Å². The Morgan fingerprint density at radius 3 is 3.00 bits per heavy atom. The highest BCUT2D eigenvalue weighted by atomic mass is 16.1. The summed E-state index contributed by atoms with van der Waals surface area (Å²) in [5.74, 6) is 0.368. The monoisotopic (exact) mass is 207 g/mol. The third kappa shape index (κ3) is 1.95. The minimum Gasteiger partial charge on any atom is -0.316 e. The maximum absolute atomic E-state index is 12.2. The second-order valence-corrected chi connectivity index (χ2v) is 4.21. The minimum absolute atomic E-state index is 0.132. The van der Waals surface area contributed by atoms with Crippen molar-refractivity contribution in [1.29, 1.82) is 0 Å². The largest absolute Gasteiger partial charge is 0.316 e. The Hall–Kier alpha value is -1.16. The maximum Gasteiger partial charge on any atom is 0.185 e. The van der Waals surface area contributed by atoms with Gasteiger partial charge in [-0.2, -0.15) is 5.10 Å². The summed E-state index contributed by atoms with van der Waals surface area (Å²) in [5.41, 5.74) is 1.75. The molecule has 0 radical (unpaired) electrons. The Morgan fingerprint density at radius 2 is 2.47 bits per heavy atom. The summed E-state index contributed by atoms with van der Waals surface area (Å²) in [7, 11) is 1.83. The predicted molar refractivity (Wildman–Crippen MR) is 57.9 cm³/mol. The van der Waals surface area contributed by atoms with Crippen molar-refractivity contribution < 1.29 is 4.79 Å². The summed E-state index contributed by atoms with van der Waals surface area (Å²) in [6, 6.07) is 0. The summed E-state index contributed by atoms with van der Waals surface area (Å²) < 4.78 is 1.69. The highest BCUT2D eigenvalue weighted by molar-refractivity contribution is 5.97. The number of nitrogens with one attached hydrogen (secondary N) is 1. The summed E-state index contributed by atoms with van der Waals surface area (Å²) in [5, 5.41) is 7.37. The van der Waals surface area contributed by atoms with E-state index >= 15 is 0 Å². The van der Waals surface area contributed by atoms with Crippen molar-refractivity contribution in [2.45, 2.75) is 19.8 Å². The smallest absolute Gasteiger partial charge is 0.185 e. The standard InChI is InChI=1S/C11H17N3O/c1-8-6-13-14(2)10(8)11(15)9-4-3-5-12-7-9/h6,9,12H,3-5,7H2,1-2H3. The third-order valence-corrected chi connectivity index (χ3v) is 3.02. The average molecular weight is 207 g/mol. The Labute approximate surface area is 89.7 Å². The molecule has 15 heavy (non-hydrogen) atoms. The van der Waals surface area contributed by atoms with Crippen molar-refractivity contribution in [1.82, 2.24) is 15.1 Å². The van der Waals surface area contributed by atoms with Crippen LogP contribution in [0.2, 0.25) is 0 Å². The van der Waals surface area contributed by atoms with E-state index in [9.17, 15) is 4.79 Å². The number of aryl methyl sites for hydroxylation is 2. The van der Waals surface area contributed by atoms with Crippen molar-refractivity contribution in [3.05, 3.63) is 17.5 Å². The fourth-order valence-corrected chi connectivity index (χ4v) is 2.17. The van der Waals surface area contributed by atoms with Gasteiger partial charge in [-0.15, -0.1) is 0 Å². The lowest BCUT2D eigenvalue weighted by Crippen LogP contribution is -2.35. The molecule has 4 nitrogen and oxygen atoms in total. The molecule has 2 heterocycles. The van der Waals surface area contributed by atoms with Crippen LogP contribution >= 0.6 is 0 Å². The van der Waals surface area contributed by atoms with Gasteiger partial charge in [0.2, 0.25) is 0 Å². The number of rotatable bonds is 2. The lowest BCUT2D eigenvalue weighted by atomic mass is 9.92. The third-order valence-electron chi connectivity index (χ3n) is 3.02. The molecule has 2 rings (SSSR count). The van der Waals surface area contributed by atoms with Crippen LogP contribution in [0, 0.1) is 12.8 Å². The molecule has 82 valence electrons. The second kappa shape index (κ2) is 4.14. The normalized spacial score (nSPS) is 21.6. The van der Waals surface area contributed by atoms with E-state index < -0.39 is 0 Å². The number of carbonyl (C=O) groups is 1. The van der Waals surface area contributed by atoms with Gasteiger partial charge in [0.1, 0.15) is 5.69 Å². The summed E-state index contributed by atoms with van der Waals surface area (Å²) >= 11 is 0. The number of hydrogen-bond acceptors (Lipinski definition) is 3. The highest BCUT2D eigenvalue weighted by Gasteiger charge is 2.25. The predicted octanol–water partition coefficient (Wildman–Crippen LogP) is 0.911. The molecule has 1 aliphatic rings. The van der Waals surface area contributed by atoms with Crippen LogP contribution in [0.1, 0.15) is 28.9 Å². The molecule has 0 saturated carbocycles. The Bertz CT molecular complexity index is 344. The number of aromatic nitrogens is 2. The lowest BCUT2D eigenvalue weighted by Gasteiger charge is -2.21. The molecule has 1 aromatic heterocycles. The molecule has 0 aromatic carbocycles. The fourth-order valence-electron chi connectivity index (χ4n) is 2.17. The molecule has 1 N–H and O–H groups in total. The van der Waals surface area contributed by atoms with E-state index in [4.69, 9.17) is 0 Å². The second-order valence-electron chi connectivity index (χ2n) is 4.21. The van der Waals surface area contributed by atoms with Crippen molar-refractivity contribution in [2.75, 3.05) is 13.1 Å². The van der Waals surface area contributed by atoms with E-state index in [1.807, 2.05) is 14.0 Å². The first-order valence-corrected chi connectivity index (χ1v) is 5.43. The number of piperidine rings is 1. The lowest BCUT2D eigenvalue weighted by molar-refractivity contribution is 0.0889. The first-order valence-electron chi connectivity index (χ1n) is 5.43. The van der Waals surface area contributed by atoms with E-state index in [0.29, 0.717) is 0 Å². The molecular weight excluding hydrogens is 190 g/mol. The van der Waals surface area contributed by atoms with Gasteiger partial charge in [0.25, 0.3) is 0 Å². The summed E-state index contributed by atoms with van der Waals surface area (Å²) in [6.45, 7) is 3.79. The van der Waals surface area contributed by atoms with Gasteiger partial charge in [-0.3, -0.25) is 9.48 Å². The van der Waals surface area contributed by atoms with Crippen LogP contribution in [-0.4, -0.2) is 28.7 Å². The molecular formula is C11H17N3O. The van der Waals surface area contributed by atoms with Crippen molar-refractivity contribution >= 4 is 5.78 Å². The fraction of sp³-hybridized carbons (Fsp3) is 0.636. The van der Waals surface area contributed by atoms with Gasteiger partial charge < -0.3 is 5.32 Å². The van der Waals surface area contributed by atoms with Crippen molar-refractivity contribution in [2.24, 2.45) is 13.0 Å². The number of ketones is 1. The van der Waals surface area contributed by atoms with E-state index in [1.54, 1.807) is 10.9 Å². The molecule has 1 saturated heterocycles. The van der Waals surface area contributed by atoms with Crippen LogP contribution in [0.15, 0.2) is 6.20 Å². The zero-order valence-electron chi connectivity index (χ0n) is 9.29. The summed E-state index contributed by atoms with van der Waals surface area (Å²) in [4.78, 5) is 12.2. The molecule has 1 fully saturated rings. The van der Waals surface area contributed by atoms with Crippen LogP contribution in [0.5, 0.6) is 0 Å². The van der Waals surface area contributed by atoms with E-state index in [2.05, 4.69) is 10.4 Å². The first kappa shape index (κ1) is 10.4. The zero-order chi connectivity index (χ0) is 10.8. The van der Waals surface area contributed by atoms with Gasteiger partial charge in [-0.1, -0.05) is 0 Å². The molecule has 4 heteroatoms. The Kier molecular flexibility index (Phi) is 2.86. The average Bonchev–Trinajstić information content (AvgIpc) is 2.59. The number of nitrogens with zero attached hydrogens (tertiary/aromatic N) is 2. The maximum atomic E-state index is 12.2. The van der Waals surface area contributed by atoms with Gasteiger partial charge in [-0.25, -0.2) is 0 Å². The Balaban J connectivity index is 2.19. The molecule has 0 bridgehead atoms.